The highest BCUT2D eigenvalue weighted by molar-refractivity contribution is 8.55. The van der Waals surface area contributed by atoms with Crippen LogP contribution < -0.4 is 21.2 Å². The lowest BCUT2D eigenvalue weighted by Crippen LogP contribution is -2.31. The quantitative estimate of drug-likeness (QED) is 0.433. The van der Waals surface area contributed by atoms with Crippen LogP contribution in [-0.2, 0) is 10.7 Å². The molecule has 0 heterocycles. The van der Waals surface area contributed by atoms with E-state index in [9.17, 15) is 4.57 Å². The van der Waals surface area contributed by atoms with E-state index in [1.54, 1.807) is 24.3 Å². The molecular formula is C11H23N3O4P4. The number of nitrogens with two attached hydrogens (primary N) is 3. The summed E-state index contributed by atoms with van der Waals surface area (Å²) in [5.41, 5.74) is 18.4. The van der Waals surface area contributed by atoms with E-state index in [-0.39, 0.29) is 14.6 Å². The van der Waals surface area contributed by atoms with E-state index in [0.29, 0.717) is 17.7 Å². The normalized spacial score (nSPS) is 18.1. The molecule has 0 saturated heterocycles. The highest BCUT2D eigenvalue weighted by Crippen LogP contribution is 2.74. The standard InChI is InChI=1S/C11H23N3O4P4/c1-3-11(2,20(13)21(14)19-12)18-10-6-4-9(5-7-10)8-22(15,16)17/h4-7,19H,3,8,12-14H2,1-2H3,(H2,15,16,17). The van der Waals surface area contributed by atoms with Gasteiger partial charge in [0.2, 0.25) is 0 Å². The third-order valence-corrected chi connectivity index (χ3v) is 12.5. The van der Waals surface area contributed by atoms with Crippen molar-refractivity contribution in [1.82, 2.24) is 0 Å². The number of benzene rings is 1. The van der Waals surface area contributed by atoms with Crippen molar-refractivity contribution in [1.29, 1.82) is 0 Å². The van der Waals surface area contributed by atoms with E-state index in [4.69, 9.17) is 31.0 Å². The first-order chi connectivity index (χ1) is 10.1. The van der Waals surface area contributed by atoms with Crippen LogP contribution in [0.1, 0.15) is 25.8 Å². The molecule has 1 aromatic carbocycles. The van der Waals surface area contributed by atoms with Gasteiger partial charge in [0, 0.05) is 7.45 Å². The maximum absolute atomic E-state index is 11.0. The fraction of sp³-hybridized carbons (Fsp3) is 0.455. The first-order valence-electron chi connectivity index (χ1n) is 6.49. The first kappa shape index (κ1) is 20.4. The molecule has 0 aromatic heterocycles. The van der Waals surface area contributed by atoms with Crippen LogP contribution in [0.15, 0.2) is 24.3 Å². The van der Waals surface area contributed by atoms with Crippen LogP contribution in [0.5, 0.6) is 5.75 Å². The Kier molecular flexibility index (Phi) is 7.82. The fourth-order valence-corrected chi connectivity index (χ4v) is 8.83. The molecule has 1 rings (SSSR count). The summed E-state index contributed by atoms with van der Waals surface area (Å²) in [6, 6.07) is 6.65. The van der Waals surface area contributed by atoms with Crippen molar-refractivity contribution in [2.45, 2.75) is 31.8 Å². The minimum Gasteiger partial charge on any atom is -0.481 e. The van der Waals surface area contributed by atoms with Gasteiger partial charge in [0.1, 0.15) is 11.1 Å². The molecule has 11 heteroatoms. The lowest BCUT2D eigenvalue weighted by molar-refractivity contribution is 0.176. The lowest BCUT2D eigenvalue weighted by Gasteiger charge is -2.37. The smallest absolute Gasteiger partial charge is 0.329 e. The number of hydrogen-bond acceptors (Lipinski definition) is 5. The van der Waals surface area contributed by atoms with Gasteiger partial charge in [-0.15, -0.1) is 0 Å². The van der Waals surface area contributed by atoms with Gasteiger partial charge in [-0.2, -0.15) is 0 Å². The first-order valence-corrected chi connectivity index (χ1v) is 13.7. The second-order valence-corrected chi connectivity index (χ2v) is 15.1. The molecule has 8 N–H and O–H groups in total. The van der Waals surface area contributed by atoms with Gasteiger partial charge >= 0.3 is 7.60 Å². The molecule has 0 aliphatic heterocycles. The Morgan fingerprint density at radius 2 is 1.86 bits per heavy atom. The maximum atomic E-state index is 11.0. The highest BCUT2D eigenvalue weighted by Gasteiger charge is 2.36. The van der Waals surface area contributed by atoms with Gasteiger partial charge in [-0.1, -0.05) is 19.1 Å². The summed E-state index contributed by atoms with van der Waals surface area (Å²) >= 11 is 0. The van der Waals surface area contributed by atoms with Crippen LogP contribution in [0.25, 0.3) is 0 Å². The summed E-state index contributed by atoms with van der Waals surface area (Å²) in [5.74, 6) is 0.598. The molecule has 0 saturated carbocycles. The van der Waals surface area contributed by atoms with E-state index < -0.39 is 28.1 Å². The molecule has 0 bridgehead atoms. The lowest BCUT2D eigenvalue weighted by atomic mass is 10.2. The molecule has 0 radical (unpaired) electrons. The van der Waals surface area contributed by atoms with Crippen molar-refractivity contribution in [2.24, 2.45) is 16.5 Å². The Balaban J connectivity index is 2.85. The molecule has 7 nitrogen and oxygen atoms in total. The summed E-state index contributed by atoms with van der Waals surface area (Å²) in [5, 5.41) is -0.576. The Morgan fingerprint density at radius 3 is 2.27 bits per heavy atom. The van der Waals surface area contributed by atoms with Crippen molar-refractivity contribution in [3.8, 4) is 5.75 Å². The zero-order chi connectivity index (χ0) is 17.0. The Bertz CT molecular complexity index is 527. The summed E-state index contributed by atoms with van der Waals surface area (Å²) < 4.78 is 17.0. The van der Waals surface area contributed by atoms with Crippen molar-refractivity contribution in [3.05, 3.63) is 29.8 Å². The molecule has 0 aliphatic rings. The molecule has 0 fully saturated rings. The second kappa shape index (κ2) is 8.44. The molecule has 4 atom stereocenters. The van der Waals surface area contributed by atoms with E-state index in [0.717, 1.165) is 0 Å². The van der Waals surface area contributed by atoms with E-state index in [1.807, 2.05) is 13.8 Å². The molecule has 22 heavy (non-hydrogen) atoms. The Morgan fingerprint density at radius 1 is 1.32 bits per heavy atom. The molecule has 126 valence electrons. The van der Waals surface area contributed by atoms with Crippen molar-refractivity contribution in [2.75, 3.05) is 0 Å². The van der Waals surface area contributed by atoms with Crippen LogP contribution in [-0.4, -0.2) is 15.1 Å². The Labute approximate surface area is 134 Å². The number of hydrogen-bond donors (Lipinski definition) is 5. The summed E-state index contributed by atoms with van der Waals surface area (Å²) in [6.07, 6.45) is 0.407. The Hall–Kier alpha value is 0.340. The van der Waals surface area contributed by atoms with Gasteiger partial charge in [-0.3, -0.25) is 4.57 Å². The van der Waals surface area contributed by atoms with Gasteiger partial charge in [-0.05, 0) is 39.5 Å². The van der Waals surface area contributed by atoms with Crippen LogP contribution in [0.4, 0.5) is 0 Å². The minimum atomic E-state index is -4.07. The van der Waals surface area contributed by atoms with E-state index in [2.05, 4.69) is 0 Å². The summed E-state index contributed by atoms with van der Waals surface area (Å²) in [4.78, 5) is 17.9. The van der Waals surface area contributed by atoms with Crippen LogP contribution in [0, 0.1) is 0 Å². The average Bonchev–Trinajstić information content (AvgIpc) is 2.46. The SMILES string of the molecule is CCC(C)(Oc1ccc(CP(=O)(O)O)cc1)P(N)P(N)PN. The number of rotatable bonds is 8. The zero-order valence-electron chi connectivity index (χ0n) is 12.5. The van der Waals surface area contributed by atoms with Gasteiger partial charge in [0.05, 0.1) is 13.9 Å². The van der Waals surface area contributed by atoms with Gasteiger partial charge in [0.25, 0.3) is 0 Å². The van der Waals surface area contributed by atoms with Crippen LogP contribution in [0.2, 0.25) is 0 Å². The molecule has 0 aliphatic carbocycles. The maximum Gasteiger partial charge on any atom is 0.329 e. The predicted octanol–water partition coefficient (Wildman–Crippen LogP) is 2.96. The monoisotopic (exact) mass is 385 g/mol. The van der Waals surface area contributed by atoms with Gasteiger partial charge in [-0.25, -0.2) is 0 Å². The van der Waals surface area contributed by atoms with E-state index >= 15 is 0 Å². The van der Waals surface area contributed by atoms with Gasteiger partial charge in [0.15, 0.2) is 0 Å². The van der Waals surface area contributed by atoms with Crippen molar-refractivity contribution < 1.29 is 19.1 Å². The second-order valence-electron chi connectivity index (χ2n) is 4.92. The molecule has 0 spiro atoms. The van der Waals surface area contributed by atoms with Crippen molar-refractivity contribution >= 4 is 31.2 Å². The minimum absolute atomic E-state index is 0.120. The number of ether oxygens (including phenoxy) is 1. The third-order valence-electron chi connectivity index (χ3n) is 3.15. The average molecular weight is 385 g/mol. The van der Waals surface area contributed by atoms with Crippen LogP contribution >= 0.6 is 31.2 Å². The fourth-order valence-electron chi connectivity index (χ4n) is 1.73. The largest absolute Gasteiger partial charge is 0.481 e. The van der Waals surface area contributed by atoms with Gasteiger partial charge < -0.3 is 31.0 Å². The highest BCUT2D eigenvalue weighted by atomic mass is 32.5. The van der Waals surface area contributed by atoms with Crippen molar-refractivity contribution in [3.63, 3.8) is 0 Å². The molecule has 0 amide bonds. The topological polar surface area (TPSA) is 145 Å². The van der Waals surface area contributed by atoms with E-state index in [1.165, 1.54) is 0 Å². The molecule has 1 aromatic rings. The molecular weight excluding hydrogens is 362 g/mol. The summed E-state index contributed by atoms with van der Waals surface area (Å²) in [6.45, 7) is 3.90. The third kappa shape index (κ3) is 6.09. The van der Waals surface area contributed by atoms with Crippen LogP contribution in [0.3, 0.4) is 0 Å². The molecule has 4 unspecified atom stereocenters. The predicted molar refractivity (Wildman–Crippen MR) is 96.2 cm³/mol. The summed E-state index contributed by atoms with van der Waals surface area (Å²) in [7, 11) is -5.94. The zero-order valence-corrected chi connectivity index (χ0v) is 16.2.